The van der Waals surface area contributed by atoms with Gasteiger partial charge in [0.15, 0.2) is 5.75 Å². The van der Waals surface area contributed by atoms with Gasteiger partial charge in [-0.2, -0.15) is 0 Å². The summed E-state index contributed by atoms with van der Waals surface area (Å²) in [5, 5.41) is 10.7. The largest absolute Gasteiger partial charge is 0.423 e. The van der Waals surface area contributed by atoms with Crippen molar-refractivity contribution in [1.82, 2.24) is 4.98 Å². The second-order valence-corrected chi connectivity index (χ2v) is 8.35. The molecular formula is C22H23ClN2O6. The number of esters is 1. The predicted molar refractivity (Wildman–Crippen MR) is 111 cm³/mol. The number of carbonyl (C=O) groups is 1. The third-order valence-electron chi connectivity index (χ3n) is 5.91. The lowest BCUT2D eigenvalue weighted by Crippen LogP contribution is -2.38. The van der Waals surface area contributed by atoms with E-state index in [1.165, 1.54) is 0 Å². The van der Waals surface area contributed by atoms with Crippen LogP contribution in [0.15, 0.2) is 30.5 Å². The molecule has 31 heavy (non-hydrogen) atoms. The van der Waals surface area contributed by atoms with Crippen molar-refractivity contribution < 1.29 is 24.2 Å². The molecule has 2 heterocycles. The summed E-state index contributed by atoms with van der Waals surface area (Å²) in [6.07, 6.45) is 4.36. The monoisotopic (exact) mass is 446 g/mol. The van der Waals surface area contributed by atoms with Crippen LogP contribution in [0.1, 0.15) is 60.6 Å². The van der Waals surface area contributed by atoms with Crippen LogP contribution >= 0.6 is 11.6 Å². The van der Waals surface area contributed by atoms with Crippen LogP contribution in [0.25, 0.3) is 0 Å². The van der Waals surface area contributed by atoms with Crippen molar-refractivity contribution >= 4 is 17.6 Å². The fourth-order valence-corrected chi connectivity index (χ4v) is 4.47. The first-order valence-corrected chi connectivity index (χ1v) is 10.7. The van der Waals surface area contributed by atoms with Gasteiger partial charge in [0.25, 0.3) is 5.09 Å². The third-order valence-corrected chi connectivity index (χ3v) is 6.16. The highest BCUT2D eigenvalue weighted by Crippen LogP contribution is 2.41. The average Bonchev–Trinajstić information content (AvgIpc) is 3.19. The lowest BCUT2D eigenvalue weighted by molar-refractivity contribution is -0.766. The van der Waals surface area contributed by atoms with Gasteiger partial charge in [-0.15, -0.1) is 10.1 Å². The zero-order chi connectivity index (χ0) is 22.0. The molecule has 0 amide bonds. The molecule has 8 nitrogen and oxygen atoms in total. The highest BCUT2D eigenvalue weighted by Gasteiger charge is 2.36. The Bertz CT molecular complexity index is 975. The van der Waals surface area contributed by atoms with Crippen molar-refractivity contribution in [3.05, 3.63) is 68.0 Å². The molecule has 0 radical (unpaired) electrons. The number of aryl methyl sites for hydroxylation is 1. The Kier molecular flexibility index (Phi) is 6.38. The smallest absolute Gasteiger partial charge is 0.341 e. The Balaban J connectivity index is 1.60. The molecule has 1 fully saturated rings. The summed E-state index contributed by atoms with van der Waals surface area (Å²) in [5.74, 6) is -0.724. The van der Waals surface area contributed by atoms with E-state index in [1.54, 1.807) is 25.3 Å². The molecule has 0 saturated heterocycles. The van der Waals surface area contributed by atoms with Crippen molar-refractivity contribution in [1.29, 1.82) is 0 Å². The van der Waals surface area contributed by atoms with Crippen LogP contribution in [-0.4, -0.2) is 22.1 Å². The summed E-state index contributed by atoms with van der Waals surface area (Å²) in [7, 11) is 0. The molecular weight excluding hydrogens is 424 g/mol. The van der Waals surface area contributed by atoms with Gasteiger partial charge >= 0.3 is 5.97 Å². The number of fused-ring (bicyclic) bond motifs is 1. The highest BCUT2D eigenvalue weighted by molar-refractivity contribution is 6.30. The number of hydrogen-bond donors (Lipinski definition) is 0. The lowest BCUT2D eigenvalue weighted by Gasteiger charge is -2.27. The molecule has 1 aliphatic carbocycles. The van der Waals surface area contributed by atoms with Crippen LogP contribution in [0.3, 0.4) is 0 Å². The van der Waals surface area contributed by atoms with E-state index in [1.807, 2.05) is 12.1 Å². The van der Waals surface area contributed by atoms with Crippen LogP contribution < -0.4 is 4.74 Å². The number of carbonyl (C=O) groups excluding carboxylic acids is 1. The van der Waals surface area contributed by atoms with Crippen molar-refractivity contribution in [2.75, 3.05) is 0 Å². The molecule has 1 aliphatic heterocycles. The van der Waals surface area contributed by atoms with Crippen molar-refractivity contribution in [2.24, 2.45) is 5.92 Å². The number of halogens is 1. The maximum absolute atomic E-state index is 13.0. The normalized spacial score (nSPS) is 19.5. The fourth-order valence-electron chi connectivity index (χ4n) is 4.34. The minimum Gasteiger partial charge on any atom is -0.423 e. The molecule has 2 aromatic rings. The van der Waals surface area contributed by atoms with Gasteiger partial charge in [0, 0.05) is 22.3 Å². The second-order valence-electron chi connectivity index (χ2n) is 7.92. The van der Waals surface area contributed by atoms with E-state index in [9.17, 15) is 14.9 Å². The van der Waals surface area contributed by atoms with Crippen LogP contribution in [0, 0.1) is 23.0 Å². The molecule has 164 valence electrons. The highest BCUT2D eigenvalue weighted by atomic mass is 35.5. The number of pyridine rings is 1. The third kappa shape index (κ3) is 4.65. The van der Waals surface area contributed by atoms with E-state index in [-0.39, 0.29) is 24.4 Å². The van der Waals surface area contributed by atoms with E-state index < -0.39 is 17.2 Å². The molecule has 1 aromatic heterocycles. The molecule has 9 heteroatoms. The molecule has 0 N–H and O–H groups in total. The lowest BCUT2D eigenvalue weighted by atomic mass is 9.85. The first kappa shape index (κ1) is 21.5. The number of ether oxygens (including phenoxy) is 2. The number of aromatic nitrogens is 1. The number of benzene rings is 1. The standard InChI is InChI=1S/C22H23ClN2O6/c1-13-19(30-22(26)21(31-25(27)28)14-5-3-2-4-6-14)18-12-29-20(17(18)11-24-13)15-7-9-16(23)10-8-15/h7-11,14,20-21H,2-6,12H2,1H3/t20?,21-/m0/s1. The minimum atomic E-state index is -1.25. The number of hydrogen-bond acceptors (Lipinski definition) is 7. The van der Waals surface area contributed by atoms with Gasteiger partial charge in [-0.1, -0.05) is 43.0 Å². The summed E-state index contributed by atoms with van der Waals surface area (Å²) >= 11 is 5.98. The molecule has 0 spiro atoms. The molecule has 0 bridgehead atoms. The van der Waals surface area contributed by atoms with Gasteiger partial charge in [-0.25, -0.2) is 4.79 Å². The minimum absolute atomic E-state index is 0.235. The first-order valence-electron chi connectivity index (χ1n) is 10.3. The Morgan fingerprint density at radius 1 is 1.26 bits per heavy atom. The first-order chi connectivity index (χ1) is 14.9. The van der Waals surface area contributed by atoms with Crippen LogP contribution in [0.2, 0.25) is 5.02 Å². The number of rotatable bonds is 6. The van der Waals surface area contributed by atoms with Crippen LogP contribution in [-0.2, 0) is 21.0 Å². The Morgan fingerprint density at radius 3 is 2.65 bits per heavy atom. The van der Waals surface area contributed by atoms with Crippen molar-refractivity contribution in [2.45, 2.75) is 57.8 Å². The average molecular weight is 447 g/mol. The Morgan fingerprint density at radius 2 is 1.97 bits per heavy atom. The van der Waals surface area contributed by atoms with Crippen molar-refractivity contribution in [3.8, 4) is 5.75 Å². The van der Waals surface area contributed by atoms with Gasteiger partial charge in [-0.05, 0) is 43.4 Å². The Labute approximate surface area is 184 Å². The van der Waals surface area contributed by atoms with Gasteiger partial charge in [-0.3, -0.25) is 9.82 Å². The van der Waals surface area contributed by atoms with Crippen LogP contribution in [0.5, 0.6) is 5.75 Å². The molecule has 1 saturated carbocycles. The fraction of sp³-hybridized carbons (Fsp3) is 0.455. The van der Waals surface area contributed by atoms with E-state index >= 15 is 0 Å². The molecule has 2 atom stereocenters. The van der Waals surface area contributed by atoms with Crippen LogP contribution in [0.4, 0.5) is 0 Å². The van der Waals surface area contributed by atoms with Gasteiger partial charge in [0.1, 0.15) is 6.10 Å². The molecule has 2 aliphatic rings. The number of nitrogens with zero attached hydrogens (tertiary/aromatic N) is 2. The maximum Gasteiger partial charge on any atom is 0.341 e. The Hall–Kier alpha value is -2.71. The zero-order valence-electron chi connectivity index (χ0n) is 17.1. The van der Waals surface area contributed by atoms with Gasteiger partial charge in [0.05, 0.1) is 12.3 Å². The van der Waals surface area contributed by atoms with E-state index in [0.29, 0.717) is 29.1 Å². The molecule has 4 rings (SSSR count). The topological polar surface area (TPSA) is 101 Å². The summed E-state index contributed by atoms with van der Waals surface area (Å²) in [6, 6.07) is 7.31. The maximum atomic E-state index is 13.0. The summed E-state index contributed by atoms with van der Waals surface area (Å²) < 4.78 is 11.6. The van der Waals surface area contributed by atoms with E-state index in [0.717, 1.165) is 30.4 Å². The van der Waals surface area contributed by atoms with Gasteiger partial charge in [0.2, 0.25) is 6.10 Å². The molecule has 1 unspecified atom stereocenters. The summed E-state index contributed by atoms with van der Waals surface area (Å²) in [5.41, 5.74) is 2.92. The van der Waals surface area contributed by atoms with Gasteiger partial charge < -0.3 is 9.47 Å². The zero-order valence-corrected chi connectivity index (χ0v) is 17.8. The predicted octanol–water partition coefficient (Wildman–Crippen LogP) is 4.73. The quantitative estimate of drug-likeness (QED) is 0.359. The SMILES string of the molecule is Cc1ncc2c(c1OC(=O)[C@@H](O[N+](=O)[O-])C1CCCCC1)COC2c1ccc(Cl)cc1. The van der Waals surface area contributed by atoms with E-state index in [2.05, 4.69) is 4.98 Å². The second kappa shape index (κ2) is 9.20. The summed E-state index contributed by atoms with van der Waals surface area (Å²) in [6.45, 7) is 1.96. The molecule has 1 aromatic carbocycles. The van der Waals surface area contributed by atoms with Crippen molar-refractivity contribution in [3.63, 3.8) is 0 Å². The summed E-state index contributed by atoms with van der Waals surface area (Å²) in [4.78, 5) is 33.1. The van der Waals surface area contributed by atoms with E-state index in [4.69, 9.17) is 25.9 Å².